The molecule has 2 nitrogen and oxygen atoms in total. The van der Waals surface area contributed by atoms with E-state index in [-0.39, 0.29) is 29.9 Å². The van der Waals surface area contributed by atoms with Crippen LogP contribution in [0.3, 0.4) is 0 Å². The van der Waals surface area contributed by atoms with Crippen LogP contribution in [0.25, 0.3) is 11.1 Å². The number of benzene rings is 2. The number of halogens is 4. The zero-order valence-corrected chi connectivity index (χ0v) is 17.2. The third-order valence-corrected chi connectivity index (χ3v) is 5.38. The Bertz CT molecular complexity index is 910. The number of thioether (sulfide) groups is 1. The molecule has 0 saturated heterocycles. The zero-order valence-electron chi connectivity index (χ0n) is 16.4. The minimum atomic E-state index is -1.07. The number of methoxy groups -OCH3 is 1. The molecule has 0 aromatic heterocycles. The molecule has 2 rings (SSSR count). The maximum atomic E-state index is 15.3. The van der Waals surface area contributed by atoms with Crippen molar-refractivity contribution in [3.05, 3.63) is 75.3 Å². The van der Waals surface area contributed by atoms with Crippen LogP contribution in [0, 0.1) is 17.5 Å². The molecule has 0 bridgehead atoms. The molecule has 0 saturated carbocycles. The minimum absolute atomic E-state index is 0.0563. The van der Waals surface area contributed by atoms with Crippen molar-refractivity contribution in [1.82, 2.24) is 0 Å². The third kappa shape index (κ3) is 5.87. The van der Waals surface area contributed by atoms with Crippen LogP contribution < -0.4 is 4.74 Å². The molecule has 0 N–H and O–H groups in total. The van der Waals surface area contributed by atoms with Crippen LogP contribution >= 0.6 is 11.8 Å². The first kappa shape index (κ1) is 23.0. The Morgan fingerprint density at radius 3 is 2.41 bits per heavy atom. The summed E-state index contributed by atoms with van der Waals surface area (Å²) in [6.07, 6.45) is 4.60. The summed E-state index contributed by atoms with van der Waals surface area (Å²) < 4.78 is 59.8. The molecule has 0 spiro atoms. The van der Waals surface area contributed by atoms with Crippen molar-refractivity contribution in [3.8, 4) is 16.9 Å². The number of hydrogen-bond donors (Lipinski definition) is 0. The Hall–Kier alpha value is -2.25. The van der Waals surface area contributed by atoms with Crippen molar-refractivity contribution in [2.45, 2.75) is 26.7 Å². The summed E-state index contributed by atoms with van der Waals surface area (Å²) in [4.78, 5) is 5.20. The SMILES string of the molecule is C/C=C(/Cc1ccc(OC)c(-c2ccc(F)c(F)c2)c1F)S/C(=C\CC)COF. The van der Waals surface area contributed by atoms with Gasteiger partial charge in [0.1, 0.15) is 18.2 Å². The predicted molar refractivity (Wildman–Crippen MR) is 109 cm³/mol. The molecular formula is C22H22F4O2S. The fraction of sp³-hybridized carbons (Fsp3) is 0.273. The lowest BCUT2D eigenvalue weighted by atomic mass is 9.99. The van der Waals surface area contributed by atoms with E-state index in [9.17, 15) is 13.3 Å². The van der Waals surface area contributed by atoms with Gasteiger partial charge in [0.15, 0.2) is 11.6 Å². The van der Waals surface area contributed by atoms with Crippen LogP contribution in [-0.4, -0.2) is 13.7 Å². The molecule has 2 aromatic carbocycles. The maximum absolute atomic E-state index is 15.3. The van der Waals surface area contributed by atoms with Gasteiger partial charge in [-0.3, -0.25) is 0 Å². The van der Waals surface area contributed by atoms with Crippen molar-refractivity contribution >= 4 is 11.8 Å². The molecule has 0 radical (unpaired) electrons. The maximum Gasteiger partial charge on any atom is 0.159 e. The van der Waals surface area contributed by atoms with Crippen LogP contribution in [0.15, 0.2) is 52.3 Å². The molecule has 0 amide bonds. The molecular weight excluding hydrogens is 404 g/mol. The van der Waals surface area contributed by atoms with Crippen molar-refractivity contribution in [3.63, 3.8) is 0 Å². The highest BCUT2D eigenvalue weighted by atomic mass is 32.2. The third-order valence-electron chi connectivity index (χ3n) is 4.19. The van der Waals surface area contributed by atoms with Gasteiger partial charge < -0.3 is 4.74 Å². The van der Waals surface area contributed by atoms with Crippen LogP contribution in [0.4, 0.5) is 17.7 Å². The average Bonchev–Trinajstić information content (AvgIpc) is 2.71. The highest BCUT2D eigenvalue weighted by Crippen LogP contribution is 2.37. The summed E-state index contributed by atoms with van der Waals surface area (Å²) in [5, 5.41) is 0. The van der Waals surface area contributed by atoms with Gasteiger partial charge in [0.2, 0.25) is 0 Å². The molecule has 0 aliphatic rings. The molecule has 2 aromatic rings. The van der Waals surface area contributed by atoms with E-state index < -0.39 is 17.5 Å². The first-order valence-corrected chi connectivity index (χ1v) is 9.83. The van der Waals surface area contributed by atoms with E-state index >= 15 is 4.39 Å². The highest BCUT2D eigenvalue weighted by molar-refractivity contribution is 8.06. The van der Waals surface area contributed by atoms with E-state index in [1.165, 1.54) is 24.9 Å². The standard InChI is InChI=1S/C22H22F4O2S/c1-4-6-17(13-28-26)29-16(5-2)11-15-8-10-20(27-3)21(22(15)25)14-7-9-18(23)19(24)12-14/h5-10,12H,4,11,13H2,1-3H3/b16-5-,17-6-. The number of hydrogen-bond acceptors (Lipinski definition) is 3. The Kier molecular flexibility index (Phi) is 8.79. The Morgan fingerprint density at radius 2 is 1.83 bits per heavy atom. The van der Waals surface area contributed by atoms with Crippen molar-refractivity contribution in [1.29, 1.82) is 0 Å². The molecule has 0 aliphatic heterocycles. The van der Waals surface area contributed by atoms with E-state index in [0.29, 0.717) is 16.9 Å². The van der Waals surface area contributed by atoms with Gasteiger partial charge in [-0.25, -0.2) is 13.2 Å². The van der Waals surface area contributed by atoms with Gasteiger partial charge in [-0.1, -0.05) is 43.0 Å². The predicted octanol–water partition coefficient (Wildman–Crippen LogP) is 7.15. The van der Waals surface area contributed by atoms with E-state index in [1.807, 2.05) is 19.1 Å². The van der Waals surface area contributed by atoms with Gasteiger partial charge in [-0.05, 0) is 52.1 Å². The Morgan fingerprint density at radius 1 is 1.07 bits per heavy atom. The largest absolute Gasteiger partial charge is 0.496 e. The monoisotopic (exact) mass is 426 g/mol. The van der Waals surface area contributed by atoms with Gasteiger partial charge in [0, 0.05) is 11.3 Å². The molecule has 0 unspecified atom stereocenters. The summed E-state index contributed by atoms with van der Waals surface area (Å²) in [5.41, 5.74) is 0.580. The van der Waals surface area contributed by atoms with Crippen molar-refractivity contribution in [2.75, 3.05) is 13.7 Å². The summed E-state index contributed by atoms with van der Waals surface area (Å²) in [6.45, 7) is 3.55. The molecule has 29 heavy (non-hydrogen) atoms. The highest BCUT2D eigenvalue weighted by Gasteiger charge is 2.19. The van der Waals surface area contributed by atoms with Gasteiger partial charge in [0.25, 0.3) is 0 Å². The van der Waals surface area contributed by atoms with Crippen LogP contribution in [0.1, 0.15) is 25.8 Å². The van der Waals surface area contributed by atoms with Crippen LogP contribution in [0.5, 0.6) is 5.75 Å². The van der Waals surface area contributed by atoms with Gasteiger partial charge >= 0.3 is 0 Å². The summed E-state index contributed by atoms with van der Waals surface area (Å²) in [6, 6.07) is 6.35. The van der Waals surface area contributed by atoms with Crippen LogP contribution in [0.2, 0.25) is 0 Å². The molecule has 0 heterocycles. The lowest BCUT2D eigenvalue weighted by Crippen LogP contribution is -2.00. The van der Waals surface area contributed by atoms with E-state index in [1.54, 1.807) is 19.1 Å². The second kappa shape index (κ2) is 11.1. The van der Waals surface area contributed by atoms with Gasteiger partial charge in [0.05, 0.1) is 12.7 Å². The van der Waals surface area contributed by atoms with E-state index in [2.05, 4.69) is 4.94 Å². The number of rotatable bonds is 9. The fourth-order valence-electron chi connectivity index (χ4n) is 2.79. The Labute approximate surface area is 172 Å². The lowest BCUT2D eigenvalue weighted by Gasteiger charge is -2.15. The van der Waals surface area contributed by atoms with Gasteiger partial charge in [-0.15, -0.1) is 0 Å². The first-order valence-electron chi connectivity index (χ1n) is 9.01. The fourth-order valence-corrected chi connectivity index (χ4v) is 3.83. The normalized spacial score (nSPS) is 12.4. The van der Waals surface area contributed by atoms with E-state index in [4.69, 9.17) is 4.74 Å². The zero-order chi connectivity index (χ0) is 21.4. The van der Waals surface area contributed by atoms with E-state index in [0.717, 1.165) is 17.0 Å². The summed E-state index contributed by atoms with van der Waals surface area (Å²) in [5.74, 6) is -2.45. The Balaban J connectivity index is 2.41. The summed E-state index contributed by atoms with van der Waals surface area (Å²) >= 11 is 1.31. The van der Waals surface area contributed by atoms with Crippen LogP contribution in [-0.2, 0) is 11.4 Å². The second-order valence-corrected chi connectivity index (χ2v) is 7.36. The van der Waals surface area contributed by atoms with Gasteiger partial charge in [-0.2, -0.15) is 4.94 Å². The smallest absolute Gasteiger partial charge is 0.159 e. The minimum Gasteiger partial charge on any atom is -0.496 e. The second-order valence-electron chi connectivity index (χ2n) is 6.11. The molecule has 7 heteroatoms. The van der Waals surface area contributed by atoms with Crippen molar-refractivity contribution < 1.29 is 27.4 Å². The summed E-state index contributed by atoms with van der Waals surface area (Å²) in [7, 11) is 1.38. The topological polar surface area (TPSA) is 18.5 Å². The number of allylic oxidation sites excluding steroid dienone is 3. The lowest BCUT2D eigenvalue weighted by molar-refractivity contribution is -0.118. The number of ether oxygens (including phenoxy) is 1. The molecule has 156 valence electrons. The molecule has 0 fully saturated rings. The van der Waals surface area contributed by atoms with Crippen molar-refractivity contribution in [2.24, 2.45) is 0 Å². The first-order chi connectivity index (χ1) is 13.9. The average molecular weight is 426 g/mol. The quantitative estimate of drug-likeness (QED) is 0.397. The molecule has 0 aliphatic carbocycles. The molecule has 0 atom stereocenters.